The highest BCUT2D eigenvalue weighted by molar-refractivity contribution is 7.07. The summed E-state index contributed by atoms with van der Waals surface area (Å²) in [4.78, 5) is 68.2. The third kappa shape index (κ3) is 12.6. The molecule has 1 aliphatic rings. The van der Waals surface area contributed by atoms with E-state index in [1.54, 1.807) is 45.5 Å². The fourth-order valence-corrected chi connectivity index (χ4v) is 4.93. The molecule has 0 saturated carbocycles. The van der Waals surface area contributed by atoms with E-state index in [0.29, 0.717) is 18.5 Å². The summed E-state index contributed by atoms with van der Waals surface area (Å²) in [7, 11) is 0. The Morgan fingerprint density at radius 3 is 2.44 bits per heavy atom. The molecule has 4 N–H and O–H groups in total. The van der Waals surface area contributed by atoms with E-state index in [-0.39, 0.29) is 37.6 Å². The number of thiazole rings is 1. The van der Waals surface area contributed by atoms with Crippen LogP contribution in [0.1, 0.15) is 85.8 Å². The van der Waals surface area contributed by atoms with Crippen molar-refractivity contribution in [3.63, 3.8) is 0 Å². The van der Waals surface area contributed by atoms with Crippen LogP contribution >= 0.6 is 11.3 Å². The molecule has 1 aromatic rings. The first kappa shape index (κ1) is 34.1. The second-order valence-electron chi connectivity index (χ2n) is 11.7. The second-order valence-corrected chi connectivity index (χ2v) is 12.5. The average Bonchev–Trinajstić information content (AvgIpc) is 3.35. The Balaban J connectivity index is 2.22. The van der Waals surface area contributed by atoms with E-state index in [1.165, 1.54) is 18.3 Å². The first-order valence-electron chi connectivity index (χ1n) is 14.0. The van der Waals surface area contributed by atoms with Gasteiger partial charge in [-0.3, -0.25) is 24.0 Å². The molecule has 12 nitrogen and oxygen atoms in total. The molecule has 0 aromatic carbocycles. The molecule has 1 aliphatic heterocycles. The van der Waals surface area contributed by atoms with Crippen molar-refractivity contribution in [2.24, 2.45) is 5.92 Å². The number of aliphatic hydroxyl groups excluding tert-OH is 1. The highest BCUT2D eigenvalue weighted by Crippen LogP contribution is 2.17. The predicted octanol–water partition coefficient (Wildman–Crippen LogP) is 1.78. The zero-order valence-corrected chi connectivity index (χ0v) is 25.5. The van der Waals surface area contributed by atoms with Crippen LogP contribution in [-0.2, 0) is 39.9 Å². The summed E-state index contributed by atoms with van der Waals surface area (Å²) in [5, 5.41) is 20.6. The van der Waals surface area contributed by atoms with E-state index in [9.17, 15) is 29.1 Å². The summed E-state index contributed by atoms with van der Waals surface area (Å²) in [5.41, 5.74) is 1.61. The van der Waals surface area contributed by atoms with Gasteiger partial charge in [0.05, 0.1) is 36.2 Å². The molecule has 3 amide bonds. The fourth-order valence-electron chi connectivity index (χ4n) is 4.36. The van der Waals surface area contributed by atoms with Crippen molar-refractivity contribution in [3.05, 3.63) is 16.6 Å². The predicted molar refractivity (Wildman–Crippen MR) is 152 cm³/mol. The van der Waals surface area contributed by atoms with Crippen LogP contribution in [0.5, 0.6) is 0 Å². The van der Waals surface area contributed by atoms with Crippen LogP contribution in [0, 0.1) is 5.92 Å². The number of hydrogen-bond acceptors (Lipinski definition) is 10. The van der Waals surface area contributed by atoms with E-state index < -0.39 is 66.0 Å². The van der Waals surface area contributed by atoms with Crippen molar-refractivity contribution in [1.29, 1.82) is 0 Å². The summed E-state index contributed by atoms with van der Waals surface area (Å²) >= 11 is 1.35. The Labute approximate surface area is 245 Å². The smallest absolute Gasteiger partial charge is 0.308 e. The summed E-state index contributed by atoms with van der Waals surface area (Å²) in [5.74, 6) is -2.94. The molecule has 1 saturated heterocycles. The molecule has 0 spiro atoms. The average molecular weight is 597 g/mol. The first-order chi connectivity index (χ1) is 19.1. The van der Waals surface area contributed by atoms with Gasteiger partial charge in [-0.1, -0.05) is 13.8 Å². The second kappa shape index (κ2) is 15.8. The Hall–Kier alpha value is -3.06. The summed E-state index contributed by atoms with van der Waals surface area (Å²) < 4.78 is 10.9. The highest BCUT2D eigenvalue weighted by atomic mass is 32.1. The van der Waals surface area contributed by atoms with Gasteiger partial charge in [0.2, 0.25) is 17.7 Å². The van der Waals surface area contributed by atoms with E-state index in [2.05, 4.69) is 20.9 Å². The number of esters is 2. The number of aliphatic hydroxyl groups is 1. The SMILES string of the molecule is CC(C)[C@H]1NC(=O)[C@@H](C)NC(=O)[C@@H](Cc2cscn2)NC(=O)C[C@@H](CCCCC(=O)OC(C)(C)C)OC(=O)C[C@@H]1O. The number of nitrogens with one attached hydrogen (secondary N) is 3. The number of cyclic esters (lactones) is 1. The van der Waals surface area contributed by atoms with Crippen molar-refractivity contribution in [2.75, 3.05) is 0 Å². The quantitative estimate of drug-likeness (QED) is 0.258. The largest absolute Gasteiger partial charge is 0.462 e. The number of aromatic nitrogens is 1. The topological polar surface area (TPSA) is 173 Å². The van der Waals surface area contributed by atoms with Gasteiger partial charge in [0.15, 0.2) is 0 Å². The number of hydrogen-bond donors (Lipinski definition) is 4. The van der Waals surface area contributed by atoms with Gasteiger partial charge in [-0.25, -0.2) is 4.98 Å². The Kier molecular flexibility index (Phi) is 13.2. The molecule has 2 rings (SSSR count). The molecule has 41 heavy (non-hydrogen) atoms. The summed E-state index contributed by atoms with van der Waals surface area (Å²) in [6.07, 6.45) is -1.25. The monoisotopic (exact) mass is 596 g/mol. The molecular formula is C28H44N4O8S. The standard InChI is InChI=1S/C28H44N4O8S/c1-16(2)25-21(33)13-24(36)39-19(9-7-8-10-23(35)40-28(4,5)6)12-22(34)31-20(11-18-14-41-15-29-18)27(38)30-17(3)26(37)32-25/h14-17,19-21,25,33H,7-13H2,1-6H3,(H,30,38)(H,31,34)(H,32,37)/t17-,19-,20-,21+,25-/m1/s1. The van der Waals surface area contributed by atoms with Crippen LogP contribution in [-0.4, -0.2) is 75.7 Å². The van der Waals surface area contributed by atoms with E-state index in [0.717, 1.165) is 0 Å². The number of rotatable bonds is 8. The van der Waals surface area contributed by atoms with Gasteiger partial charge >= 0.3 is 11.9 Å². The lowest BCUT2D eigenvalue weighted by atomic mass is 9.96. The van der Waals surface area contributed by atoms with E-state index >= 15 is 0 Å². The molecule has 13 heteroatoms. The molecule has 5 atom stereocenters. The van der Waals surface area contributed by atoms with Gasteiger partial charge in [-0.05, 0) is 52.9 Å². The molecule has 230 valence electrons. The van der Waals surface area contributed by atoms with Crippen molar-refractivity contribution in [1.82, 2.24) is 20.9 Å². The molecule has 0 radical (unpaired) electrons. The third-order valence-electron chi connectivity index (χ3n) is 6.41. The molecule has 0 bridgehead atoms. The van der Waals surface area contributed by atoms with Crippen LogP contribution in [0.15, 0.2) is 10.9 Å². The summed E-state index contributed by atoms with van der Waals surface area (Å²) in [6.45, 7) is 10.4. The Morgan fingerprint density at radius 1 is 1.12 bits per heavy atom. The van der Waals surface area contributed by atoms with Gasteiger partial charge < -0.3 is 30.5 Å². The van der Waals surface area contributed by atoms with Gasteiger partial charge in [-0.15, -0.1) is 11.3 Å². The fraction of sp³-hybridized carbons (Fsp3) is 0.714. The molecule has 1 fully saturated rings. The number of nitrogens with zero attached hydrogens (tertiary/aromatic N) is 1. The van der Waals surface area contributed by atoms with Crippen LogP contribution in [0.3, 0.4) is 0 Å². The van der Waals surface area contributed by atoms with E-state index in [1.807, 2.05) is 0 Å². The zero-order chi connectivity index (χ0) is 30.7. The van der Waals surface area contributed by atoms with Gasteiger partial charge in [0, 0.05) is 18.2 Å². The van der Waals surface area contributed by atoms with Crippen molar-refractivity contribution < 1.29 is 38.6 Å². The van der Waals surface area contributed by atoms with Crippen LogP contribution in [0.2, 0.25) is 0 Å². The lowest BCUT2D eigenvalue weighted by Gasteiger charge is -2.29. The molecule has 1 aromatic heterocycles. The number of unbranched alkanes of at least 4 members (excludes halogenated alkanes) is 1. The lowest BCUT2D eigenvalue weighted by Crippen LogP contribution is -2.56. The Bertz CT molecular complexity index is 1040. The minimum absolute atomic E-state index is 0.100. The van der Waals surface area contributed by atoms with Gasteiger partial charge in [-0.2, -0.15) is 0 Å². The maximum atomic E-state index is 13.2. The minimum atomic E-state index is -1.25. The van der Waals surface area contributed by atoms with Crippen LogP contribution in [0.4, 0.5) is 0 Å². The summed E-state index contributed by atoms with van der Waals surface area (Å²) in [6, 6.07) is -2.78. The van der Waals surface area contributed by atoms with Crippen molar-refractivity contribution in [3.8, 4) is 0 Å². The molecule has 0 unspecified atom stereocenters. The van der Waals surface area contributed by atoms with Crippen molar-refractivity contribution >= 4 is 41.0 Å². The molecular weight excluding hydrogens is 552 g/mol. The number of ether oxygens (including phenoxy) is 2. The number of carbonyl (C=O) groups excluding carboxylic acids is 5. The zero-order valence-electron chi connectivity index (χ0n) is 24.7. The first-order valence-corrected chi connectivity index (χ1v) is 15.0. The van der Waals surface area contributed by atoms with Crippen LogP contribution in [0.25, 0.3) is 0 Å². The third-order valence-corrected chi connectivity index (χ3v) is 7.04. The highest BCUT2D eigenvalue weighted by Gasteiger charge is 2.32. The molecule has 0 aliphatic carbocycles. The Morgan fingerprint density at radius 2 is 1.83 bits per heavy atom. The molecule has 2 heterocycles. The van der Waals surface area contributed by atoms with Crippen molar-refractivity contribution in [2.45, 2.75) is 122 Å². The normalized spacial score (nSPS) is 25.3. The minimum Gasteiger partial charge on any atom is -0.462 e. The van der Waals surface area contributed by atoms with Gasteiger partial charge in [0.25, 0.3) is 0 Å². The van der Waals surface area contributed by atoms with Gasteiger partial charge in [0.1, 0.15) is 23.8 Å². The lowest BCUT2D eigenvalue weighted by molar-refractivity contribution is -0.156. The maximum Gasteiger partial charge on any atom is 0.308 e. The maximum absolute atomic E-state index is 13.2. The number of amides is 3. The number of carbonyl (C=O) groups is 5. The van der Waals surface area contributed by atoms with E-state index in [4.69, 9.17) is 9.47 Å². The van der Waals surface area contributed by atoms with Crippen LogP contribution < -0.4 is 16.0 Å².